The summed E-state index contributed by atoms with van der Waals surface area (Å²) in [5, 5.41) is 12.8. The van der Waals surface area contributed by atoms with Crippen LogP contribution in [0.25, 0.3) is 0 Å². The van der Waals surface area contributed by atoms with Gasteiger partial charge >= 0.3 is 6.09 Å². The van der Waals surface area contributed by atoms with E-state index in [1.54, 1.807) is 6.07 Å². The fourth-order valence-corrected chi connectivity index (χ4v) is 3.00. The smallest absolute Gasteiger partial charge is 0.410 e. The van der Waals surface area contributed by atoms with Gasteiger partial charge in [-0.25, -0.2) is 4.79 Å². The molecule has 26 heavy (non-hydrogen) atoms. The topological polar surface area (TPSA) is 78.9 Å². The normalized spacial score (nSPS) is 19.2. The Labute approximate surface area is 152 Å². The van der Waals surface area contributed by atoms with Crippen molar-refractivity contribution in [2.75, 3.05) is 11.9 Å². The first-order chi connectivity index (χ1) is 12.5. The molecule has 0 aromatic heterocycles. The second-order valence-electron chi connectivity index (χ2n) is 6.40. The minimum Gasteiger partial charge on any atom is -0.445 e. The summed E-state index contributed by atoms with van der Waals surface area (Å²) >= 11 is 0. The quantitative estimate of drug-likeness (QED) is 0.885. The number of benzene rings is 2. The number of carbonyl (C=O) groups excluding carboxylic acids is 2. The largest absolute Gasteiger partial charge is 0.445 e. The molecule has 1 heterocycles. The van der Waals surface area contributed by atoms with E-state index < -0.39 is 18.2 Å². The minimum absolute atomic E-state index is 0.0828. The third-order valence-electron chi connectivity index (χ3n) is 4.42. The predicted molar refractivity (Wildman–Crippen MR) is 97.6 cm³/mol. The van der Waals surface area contributed by atoms with Crippen molar-refractivity contribution in [1.29, 1.82) is 0 Å². The van der Waals surface area contributed by atoms with Crippen LogP contribution in [0.4, 0.5) is 10.5 Å². The SMILES string of the molecule is Cc1ccccc1NC(=O)[C@@H]1C[C@H](O)CN1C(=O)OCc1ccccc1. The van der Waals surface area contributed by atoms with Gasteiger partial charge in [-0.2, -0.15) is 0 Å². The van der Waals surface area contributed by atoms with Gasteiger partial charge in [0.15, 0.2) is 0 Å². The standard InChI is InChI=1S/C20H22N2O4/c1-14-7-5-6-10-17(14)21-19(24)18-11-16(23)12-22(18)20(25)26-13-15-8-3-2-4-9-15/h2-10,16,18,23H,11-13H2,1H3,(H,21,24)/t16-,18-/m0/s1. The minimum atomic E-state index is -0.757. The molecule has 0 aliphatic carbocycles. The number of aliphatic hydroxyl groups is 1. The fraction of sp³-hybridized carbons (Fsp3) is 0.300. The van der Waals surface area contributed by atoms with Crippen LogP contribution in [-0.4, -0.2) is 40.7 Å². The summed E-state index contributed by atoms with van der Waals surface area (Å²) < 4.78 is 5.31. The summed E-state index contributed by atoms with van der Waals surface area (Å²) in [6.45, 7) is 2.10. The number of amides is 2. The van der Waals surface area contributed by atoms with Gasteiger partial charge in [0, 0.05) is 12.1 Å². The van der Waals surface area contributed by atoms with E-state index in [4.69, 9.17) is 4.74 Å². The summed E-state index contributed by atoms with van der Waals surface area (Å²) in [5.41, 5.74) is 2.48. The molecule has 1 fully saturated rings. The number of β-amino-alcohol motifs (C(OH)–C–C–N with tert-alkyl or cyclic N) is 1. The molecule has 3 rings (SSSR count). The van der Waals surface area contributed by atoms with Crippen molar-refractivity contribution in [2.45, 2.75) is 32.1 Å². The lowest BCUT2D eigenvalue weighted by Gasteiger charge is -2.23. The number of hydrogen-bond donors (Lipinski definition) is 2. The van der Waals surface area contributed by atoms with Gasteiger partial charge in [0.25, 0.3) is 0 Å². The molecule has 0 bridgehead atoms. The molecule has 2 amide bonds. The number of likely N-dealkylation sites (tertiary alicyclic amines) is 1. The Hall–Kier alpha value is -2.86. The zero-order valence-electron chi connectivity index (χ0n) is 14.6. The number of nitrogens with one attached hydrogen (secondary N) is 1. The van der Waals surface area contributed by atoms with Crippen molar-refractivity contribution >= 4 is 17.7 Å². The summed E-state index contributed by atoms with van der Waals surface area (Å²) in [5.74, 6) is -0.326. The molecule has 1 saturated heterocycles. The number of carbonyl (C=O) groups is 2. The summed E-state index contributed by atoms with van der Waals surface area (Å²) in [4.78, 5) is 26.3. The fourth-order valence-electron chi connectivity index (χ4n) is 3.00. The number of ether oxygens (including phenoxy) is 1. The van der Waals surface area contributed by atoms with Crippen molar-refractivity contribution in [3.05, 3.63) is 65.7 Å². The van der Waals surface area contributed by atoms with E-state index in [2.05, 4.69) is 5.32 Å². The highest BCUT2D eigenvalue weighted by atomic mass is 16.6. The number of aryl methyl sites for hydroxylation is 1. The highest BCUT2D eigenvalue weighted by Crippen LogP contribution is 2.22. The third-order valence-corrected chi connectivity index (χ3v) is 4.42. The Bertz CT molecular complexity index is 778. The maximum atomic E-state index is 12.6. The molecular weight excluding hydrogens is 332 g/mol. The molecule has 0 unspecified atom stereocenters. The zero-order chi connectivity index (χ0) is 18.5. The monoisotopic (exact) mass is 354 g/mol. The van der Waals surface area contributed by atoms with Crippen molar-refractivity contribution < 1.29 is 19.4 Å². The highest BCUT2D eigenvalue weighted by Gasteiger charge is 2.40. The van der Waals surface area contributed by atoms with E-state index in [1.807, 2.05) is 55.5 Å². The average Bonchev–Trinajstić information content (AvgIpc) is 3.04. The van der Waals surface area contributed by atoms with Gasteiger partial charge in [-0.1, -0.05) is 48.5 Å². The number of para-hydroxylation sites is 1. The molecule has 1 aliphatic rings. The number of hydrogen-bond acceptors (Lipinski definition) is 4. The summed E-state index contributed by atoms with van der Waals surface area (Å²) in [6, 6.07) is 16.0. The van der Waals surface area contributed by atoms with Crippen LogP contribution in [0.5, 0.6) is 0 Å². The van der Waals surface area contributed by atoms with Crippen molar-refractivity contribution in [3.63, 3.8) is 0 Å². The van der Waals surface area contributed by atoms with Crippen LogP contribution in [0, 0.1) is 6.92 Å². The lowest BCUT2D eigenvalue weighted by molar-refractivity contribution is -0.120. The van der Waals surface area contributed by atoms with Crippen molar-refractivity contribution in [1.82, 2.24) is 4.90 Å². The Kier molecular flexibility index (Phi) is 5.53. The first-order valence-electron chi connectivity index (χ1n) is 8.56. The lowest BCUT2D eigenvalue weighted by atomic mass is 10.1. The van der Waals surface area contributed by atoms with Crippen LogP contribution in [0.3, 0.4) is 0 Å². The number of nitrogens with zero attached hydrogens (tertiary/aromatic N) is 1. The average molecular weight is 354 g/mol. The van der Waals surface area contributed by atoms with Crippen LogP contribution < -0.4 is 5.32 Å². The molecule has 0 spiro atoms. The predicted octanol–water partition coefficient (Wildman–Crippen LogP) is 2.71. The molecule has 2 N–H and O–H groups in total. The van der Waals surface area contributed by atoms with Crippen LogP contribution >= 0.6 is 0 Å². The second kappa shape index (κ2) is 8.01. The van der Waals surface area contributed by atoms with E-state index in [0.29, 0.717) is 5.69 Å². The maximum Gasteiger partial charge on any atom is 0.410 e. The Balaban J connectivity index is 1.65. The summed E-state index contributed by atoms with van der Waals surface area (Å²) in [6.07, 6.45) is -1.15. The Morgan fingerprint density at radius 1 is 1.15 bits per heavy atom. The molecule has 2 aromatic rings. The molecule has 0 saturated carbocycles. The first kappa shape index (κ1) is 17.9. The van der Waals surface area contributed by atoms with Gasteiger partial charge in [0.2, 0.25) is 5.91 Å². The first-order valence-corrected chi connectivity index (χ1v) is 8.56. The molecule has 2 atom stereocenters. The van der Waals surface area contributed by atoms with Crippen molar-refractivity contribution in [2.24, 2.45) is 0 Å². The number of aliphatic hydroxyl groups excluding tert-OH is 1. The molecule has 1 aliphatic heterocycles. The van der Waals surface area contributed by atoms with Crippen molar-refractivity contribution in [3.8, 4) is 0 Å². The molecule has 136 valence electrons. The molecule has 0 radical (unpaired) electrons. The molecule has 6 nitrogen and oxygen atoms in total. The van der Waals surface area contributed by atoms with Gasteiger partial charge in [0.05, 0.1) is 12.6 Å². The second-order valence-corrected chi connectivity index (χ2v) is 6.40. The van der Waals surface area contributed by atoms with E-state index in [0.717, 1.165) is 11.1 Å². The molecule has 2 aromatic carbocycles. The zero-order valence-corrected chi connectivity index (χ0v) is 14.6. The molecular formula is C20H22N2O4. The van der Waals surface area contributed by atoms with Crippen LogP contribution in [0.1, 0.15) is 17.5 Å². The lowest BCUT2D eigenvalue weighted by Crippen LogP contribution is -2.43. The van der Waals surface area contributed by atoms with Crippen LogP contribution in [0.15, 0.2) is 54.6 Å². The van der Waals surface area contributed by atoms with E-state index >= 15 is 0 Å². The molecule has 6 heteroatoms. The van der Waals surface area contributed by atoms with E-state index in [-0.39, 0.29) is 25.5 Å². The maximum absolute atomic E-state index is 12.6. The van der Waals surface area contributed by atoms with Gasteiger partial charge < -0.3 is 15.2 Å². The van der Waals surface area contributed by atoms with Gasteiger partial charge in [-0.3, -0.25) is 9.69 Å². The number of anilines is 1. The Morgan fingerprint density at radius 3 is 2.58 bits per heavy atom. The highest BCUT2D eigenvalue weighted by molar-refractivity contribution is 5.97. The third kappa shape index (κ3) is 4.21. The van der Waals surface area contributed by atoms with Gasteiger partial charge in [-0.15, -0.1) is 0 Å². The summed E-state index contributed by atoms with van der Waals surface area (Å²) in [7, 11) is 0. The van der Waals surface area contributed by atoms with Gasteiger partial charge in [-0.05, 0) is 24.1 Å². The van der Waals surface area contributed by atoms with Gasteiger partial charge in [0.1, 0.15) is 12.6 Å². The van der Waals surface area contributed by atoms with E-state index in [1.165, 1.54) is 4.90 Å². The van der Waals surface area contributed by atoms with Crippen LogP contribution in [0.2, 0.25) is 0 Å². The van der Waals surface area contributed by atoms with Crippen LogP contribution in [-0.2, 0) is 16.1 Å². The van der Waals surface area contributed by atoms with E-state index in [9.17, 15) is 14.7 Å². The Morgan fingerprint density at radius 2 is 1.85 bits per heavy atom. The number of rotatable bonds is 4.